The van der Waals surface area contributed by atoms with Crippen LogP contribution in [0, 0.1) is 5.92 Å². The van der Waals surface area contributed by atoms with E-state index in [-0.39, 0.29) is 30.4 Å². The molecule has 0 aromatic heterocycles. The lowest BCUT2D eigenvalue weighted by Crippen LogP contribution is -2.52. The minimum absolute atomic E-state index is 0.101. The number of rotatable bonds is 6. The van der Waals surface area contributed by atoms with Crippen molar-refractivity contribution in [1.82, 2.24) is 10.6 Å². The third-order valence-electron chi connectivity index (χ3n) is 4.43. The highest BCUT2D eigenvalue weighted by atomic mass is 35.5. The lowest BCUT2D eigenvalue weighted by atomic mass is 10.0. The Morgan fingerprint density at radius 1 is 1.11 bits per heavy atom. The Hall–Kier alpha value is -2.73. The quantitative estimate of drug-likeness (QED) is 0.778. The minimum Gasteiger partial charge on any atom is -0.486 e. The predicted molar refractivity (Wildman–Crippen MR) is 107 cm³/mol. The Kier molecular flexibility index (Phi) is 6.41. The van der Waals surface area contributed by atoms with Crippen LogP contribution in [0.15, 0.2) is 48.5 Å². The van der Waals surface area contributed by atoms with E-state index in [2.05, 4.69) is 10.6 Å². The van der Waals surface area contributed by atoms with Gasteiger partial charge in [-0.15, -0.1) is 0 Å². The highest BCUT2D eigenvalue weighted by molar-refractivity contribution is 6.33. The van der Waals surface area contributed by atoms with Gasteiger partial charge in [-0.2, -0.15) is 0 Å². The van der Waals surface area contributed by atoms with Gasteiger partial charge in [-0.1, -0.05) is 49.7 Å². The van der Waals surface area contributed by atoms with Crippen molar-refractivity contribution in [3.63, 3.8) is 0 Å². The second kappa shape index (κ2) is 8.97. The van der Waals surface area contributed by atoms with Crippen LogP contribution in [-0.4, -0.2) is 37.1 Å². The van der Waals surface area contributed by atoms with Crippen LogP contribution in [-0.2, 0) is 4.79 Å². The first-order valence-corrected chi connectivity index (χ1v) is 9.55. The maximum atomic E-state index is 12.7. The van der Waals surface area contributed by atoms with Crippen molar-refractivity contribution in [2.45, 2.75) is 26.0 Å². The minimum atomic E-state index is -0.694. The van der Waals surface area contributed by atoms with Gasteiger partial charge in [0.25, 0.3) is 5.91 Å². The molecular formula is C21H23ClN2O4. The van der Waals surface area contributed by atoms with Crippen molar-refractivity contribution in [3.8, 4) is 11.5 Å². The third-order valence-corrected chi connectivity index (χ3v) is 4.76. The molecule has 6 nitrogen and oxygen atoms in total. The van der Waals surface area contributed by atoms with Crippen LogP contribution < -0.4 is 20.1 Å². The van der Waals surface area contributed by atoms with Gasteiger partial charge in [-0.25, -0.2) is 0 Å². The summed E-state index contributed by atoms with van der Waals surface area (Å²) in [6, 6.07) is 13.4. The molecule has 1 heterocycles. The average molecular weight is 403 g/mol. The number of carbonyl (C=O) groups excluding carboxylic acids is 2. The molecule has 0 spiro atoms. The summed E-state index contributed by atoms with van der Waals surface area (Å²) in [6.45, 7) is 4.36. The molecular weight excluding hydrogens is 380 g/mol. The first-order valence-electron chi connectivity index (χ1n) is 9.17. The van der Waals surface area contributed by atoms with Gasteiger partial charge >= 0.3 is 0 Å². The number of benzene rings is 2. The van der Waals surface area contributed by atoms with Crippen molar-refractivity contribution >= 4 is 23.4 Å². The molecule has 7 heteroatoms. The van der Waals surface area contributed by atoms with Gasteiger partial charge in [0.2, 0.25) is 5.91 Å². The van der Waals surface area contributed by atoms with Gasteiger partial charge in [0.15, 0.2) is 11.5 Å². The van der Waals surface area contributed by atoms with Gasteiger partial charge in [0.05, 0.1) is 17.1 Å². The highest BCUT2D eigenvalue weighted by Gasteiger charge is 2.27. The molecule has 2 amide bonds. The lowest BCUT2D eigenvalue weighted by Gasteiger charge is -2.28. The molecule has 2 atom stereocenters. The van der Waals surface area contributed by atoms with Crippen molar-refractivity contribution in [2.75, 3.05) is 13.2 Å². The van der Waals surface area contributed by atoms with E-state index in [4.69, 9.17) is 21.1 Å². The molecule has 2 aromatic carbocycles. The summed E-state index contributed by atoms with van der Waals surface area (Å²) in [5.41, 5.74) is 0.336. The Balaban J connectivity index is 1.58. The zero-order valence-corrected chi connectivity index (χ0v) is 16.5. The van der Waals surface area contributed by atoms with E-state index in [0.29, 0.717) is 28.7 Å². The number of para-hydroxylation sites is 2. The smallest absolute Gasteiger partial charge is 0.253 e. The molecule has 1 aliphatic heterocycles. The summed E-state index contributed by atoms with van der Waals surface area (Å²) in [6.07, 6.45) is -0.300. The summed E-state index contributed by atoms with van der Waals surface area (Å²) in [7, 11) is 0. The van der Waals surface area contributed by atoms with Gasteiger partial charge in [0, 0.05) is 0 Å². The molecule has 2 N–H and O–H groups in total. The van der Waals surface area contributed by atoms with Crippen LogP contribution in [0.2, 0.25) is 5.02 Å². The second-order valence-electron chi connectivity index (χ2n) is 6.92. The predicted octanol–water partition coefficient (Wildman–Crippen LogP) is 3.05. The second-order valence-corrected chi connectivity index (χ2v) is 7.32. The van der Waals surface area contributed by atoms with E-state index in [1.807, 2.05) is 38.1 Å². The summed E-state index contributed by atoms with van der Waals surface area (Å²) in [5, 5.41) is 5.96. The highest BCUT2D eigenvalue weighted by Crippen LogP contribution is 2.30. The van der Waals surface area contributed by atoms with Crippen molar-refractivity contribution in [1.29, 1.82) is 0 Å². The zero-order chi connectivity index (χ0) is 20.1. The molecule has 0 saturated carbocycles. The number of hydrogen-bond donors (Lipinski definition) is 2. The van der Waals surface area contributed by atoms with Crippen LogP contribution in [0.1, 0.15) is 24.2 Å². The Labute approximate surface area is 169 Å². The van der Waals surface area contributed by atoms with Crippen LogP contribution in [0.5, 0.6) is 11.5 Å². The largest absolute Gasteiger partial charge is 0.486 e. The number of hydrogen-bond acceptors (Lipinski definition) is 4. The number of nitrogens with one attached hydrogen (secondary N) is 2. The van der Waals surface area contributed by atoms with E-state index < -0.39 is 6.04 Å². The number of halogens is 1. The average Bonchev–Trinajstić information content (AvgIpc) is 2.70. The Bertz CT molecular complexity index is 856. The zero-order valence-electron chi connectivity index (χ0n) is 15.8. The first-order chi connectivity index (χ1) is 13.5. The van der Waals surface area contributed by atoms with E-state index >= 15 is 0 Å². The summed E-state index contributed by atoms with van der Waals surface area (Å²) in [5.74, 6) is 0.580. The fourth-order valence-electron chi connectivity index (χ4n) is 2.89. The van der Waals surface area contributed by atoms with E-state index in [9.17, 15) is 9.59 Å². The van der Waals surface area contributed by atoms with Crippen LogP contribution in [0.25, 0.3) is 0 Å². The SMILES string of the molecule is CC(C)C(NC(=O)c1ccccc1Cl)C(=O)NCC1COc2ccccc2O1. The molecule has 0 bridgehead atoms. The maximum Gasteiger partial charge on any atom is 0.253 e. The van der Waals surface area contributed by atoms with Gasteiger partial charge in [0.1, 0.15) is 18.8 Å². The number of amides is 2. The lowest BCUT2D eigenvalue weighted by molar-refractivity contribution is -0.124. The normalized spacial score (nSPS) is 16.4. The standard InChI is InChI=1S/C21H23ClN2O4/c1-13(2)19(24-20(25)15-7-3-4-8-16(15)22)21(26)23-11-14-12-27-17-9-5-6-10-18(17)28-14/h3-10,13-14,19H,11-12H2,1-2H3,(H,23,26)(H,24,25). The maximum absolute atomic E-state index is 12.7. The number of ether oxygens (including phenoxy) is 2. The molecule has 148 valence electrons. The molecule has 0 aliphatic carbocycles. The topological polar surface area (TPSA) is 76.7 Å². The van der Waals surface area contributed by atoms with Crippen LogP contribution in [0.3, 0.4) is 0 Å². The molecule has 0 radical (unpaired) electrons. The molecule has 2 aromatic rings. The Morgan fingerprint density at radius 3 is 2.50 bits per heavy atom. The monoisotopic (exact) mass is 402 g/mol. The van der Waals surface area contributed by atoms with Gasteiger partial charge in [-0.05, 0) is 30.2 Å². The molecule has 1 aliphatic rings. The van der Waals surface area contributed by atoms with Crippen LogP contribution >= 0.6 is 11.6 Å². The van der Waals surface area contributed by atoms with Gasteiger partial charge < -0.3 is 20.1 Å². The molecule has 0 saturated heterocycles. The van der Waals surface area contributed by atoms with Crippen LogP contribution in [0.4, 0.5) is 0 Å². The van der Waals surface area contributed by atoms with E-state index in [0.717, 1.165) is 0 Å². The fourth-order valence-corrected chi connectivity index (χ4v) is 3.11. The van der Waals surface area contributed by atoms with E-state index in [1.54, 1.807) is 24.3 Å². The summed E-state index contributed by atoms with van der Waals surface area (Å²) in [4.78, 5) is 25.2. The molecule has 3 rings (SSSR count). The molecule has 2 unspecified atom stereocenters. The Morgan fingerprint density at radius 2 is 1.79 bits per heavy atom. The van der Waals surface area contributed by atoms with Crippen molar-refractivity contribution < 1.29 is 19.1 Å². The van der Waals surface area contributed by atoms with Crippen molar-refractivity contribution in [2.24, 2.45) is 5.92 Å². The third kappa shape index (κ3) is 4.75. The molecule has 28 heavy (non-hydrogen) atoms. The molecule has 0 fully saturated rings. The fraction of sp³-hybridized carbons (Fsp3) is 0.333. The summed E-state index contributed by atoms with van der Waals surface area (Å²) >= 11 is 6.07. The summed E-state index contributed by atoms with van der Waals surface area (Å²) < 4.78 is 11.5. The van der Waals surface area contributed by atoms with Crippen molar-refractivity contribution in [3.05, 3.63) is 59.1 Å². The number of fused-ring (bicyclic) bond motifs is 1. The van der Waals surface area contributed by atoms with Gasteiger partial charge in [-0.3, -0.25) is 9.59 Å². The first kappa shape index (κ1) is 20.0. The number of carbonyl (C=O) groups is 2. The van der Waals surface area contributed by atoms with E-state index in [1.165, 1.54) is 0 Å².